The Balaban J connectivity index is 1.71. The summed E-state index contributed by atoms with van der Waals surface area (Å²) >= 11 is 0. The third-order valence-electron chi connectivity index (χ3n) is 6.12. The van der Waals surface area contributed by atoms with Crippen molar-refractivity contribution in [3.05, 3.63) is 102 Å². The number of aromatic amines is 1. The maximum Gasteiger partial charge on any atom is 0.340 e. The molecule has 1 aliphatic rings. The summed E-state index contributed by atoms with van der Waals surface area (Å²) in [5.41, 5.74) is 8.03. The maximum absolute atomic E-state index is 12.7. The van der Waals surface area contributed by atoms with Crippen LogP contribution in [0.4, 0.5) is 17.1 Å². The number of H-pyrrole nitrogens is 1. The first kappa shape index (κ1) is 17.8. The van der Waals surface area contributed by atoms with Gasteiger partial charge in [0, 0.05) is 28.4 Å². The number of aromatic nitrogens is 1. The summed E-state index contributed by atoms with van der Waals surface area (Å²) in [7, 11) is 1.43. The Labute approximate surface area is 179 Å². The molecule has 1 aliphatic heterocycles. The Morgan fingerprint density at radius 2 is 1.52 bits per heavy atom. The molecular formula is C27H20N2O2. The van der Waals surface area contributed by atoms with Crippen LogP contribution in [-0.4, -0.2) is 18.1 Å². The van der Waals surface area contributed by atoms with E-state index in [0.717, 1.165) is 45.5 Å². The lowest BCUT2D eigenvalue weighted by Gasteiger charge is -2.35. The number of carbonyl (C=O) groups excluding carboxylic acids is 1. The fraction of sp³-hybridized carbons (Fsp3) is 0.0741. The summed E-state index contributed by atoms with van der Waals surface area (Å²) in [6.45, 7) is 0. The molecule has 1 N–H and O–H groups in total. The predicted octanol–water partition coefficient (Wildman–Crippen LogP) is 6.48. The van der Waals surface area contributed by atoms with Gasteiger partial charge in [0.1, 0.15) is 0 Å². The number of ether oxygens (including phenoxy) is 1. The maximum atomic E-state index is 12.7. The number of nitrogens with zero attached hydrogens (tertiary/aromatic N) is 1. The van der Waals surface area contributed by atoms with Crippen molar-refractivity contribution >= 4 is 44.8 Å². The normalized spacial score (nSPS) is 12.6. The SMILES string of the molecule is COC(=O)c1cccc2c1N(c1cccc3c1[nH]c1ccccc13)c1ccccc1C2. The summed E-state index contributed by atoms with van der Waals surface area (Å²) < 4.78 is 5.14. The quantitative estimate of drug-likeness (QED) is 0.336. The second-order valence-corrected chi connectivity index (χ2v) is 7.82. The Hall–Kier alpha value is -4.05. The molecule has 0 saturated heterocycles. The number of benzene rings is 4. The van der Waals surface area contributed by atoms with Crippen molar-refractivity contribution in [2.75, 3.05) is 12.0 Å². The fourth-order valence-electron chi connectivity index (χ4n) is 4.77. The van der Waals surface area contributed by atoms with E-state index in [-0.39, 0.29) is 5.97 Å². The number of methoxy groups -OCH3 is 1. The molecule has 4 heteroatoms. The lowest BCUT2D eigenvalue weighted by molar-refractivity contribution is 0.0601. The number of anilines is 3. The number of hydrogen-bond donors (Lipinski definition) is 1. The molecule has 0 unspecified atom stereocenters. The molecule has 0 saturated carbocycles. The highest BCUT2D eigenvalue weighted by Crippen LogP contribution is 2.47. The highest BCUT2D eigenvalue weighted by molar-refractivity contribution is 6.13. The molecule has 0 fully saturated rings. The number of hydrogen-bond acceptors (Lipinski definition) is 3. The number of esters is 1. The molecule has 1 aromatic heterocycles. The van der Waals surface area contributed by atoms with Crippen LogP contribution < -0.4 is 4.90 Å². The van der Waals surface area contributed by atoms with E-state index < -0.39 is 0 Å². The van der Waals surface area contributed by atoms with Crippen LogP contribution in [0.5, 0.6) is 0 Å². The molecule has 0 atom stereocenters. The van der Waals surface area contributed by atoms with Crippen molar-refractivity contribution in [2.24, 2.45) is 0 Å². The number of fused-ring (bicyclic) bond motifs is 5. The lowest BCUT2D eigenvalue weighted by atomic mass is 9.92. The van der Waals surface area contributed by atoms with E-state index in [2.05, 4.69) is 70.5 Å². The van der Waals surface area contributed by atoms with Crippen LogP contribution in [0.3, 0.4) is 0 Å². The Bertz CT molecular complexity index is 1480. The van der Waals surface area contributed by atoms with Gasteiger partial charge in [-0.2, -0.15) is 0 Å². The van der Waals surface area contributed by atoms with E-state index in [0.29, 0.717) is 5.56 Å². The first-order chi connectivity index (χ1) is 15.3. The third-order valence-corrected chi connectivity index (χ3v) is 6.12. The van der Waals surface area contributed by atoms with Crippen molar-refractivity contribution < 1.29 is 9.53 Å². The average Bonchev–Trinajstić information content (AvgIpc) is 3.21. The number of rotatable bonds is 2. The van der Waals surface area contributed by atoms with E-state index in [9.17, 15) is 4.79 Å². The Kier molecular flexibility index (Phi) is 3.87. The van der Waals surface area contributed by atoms with Gasteiger partial charge in [-0.3, -0.25) is 0 Å². The highest BCUT2D eigenvalue weighted by Gasteiger charge is 2.30. The van der Waals surface area contributed by atoms with E-state index in [1.54, 1.807) is 0 Å². The van der Waals surface area contributed by atoms with Gasteiger partial charge in [0.2, 0.25) is 0 Å². The molecule has 0 spiro atoms. The molecule has 0 bridgehead atoms. The summed E-state index contributed by atoms with van der Waals surface area (Å²) in [4.78, 5) is 18.5. The summed E-state index contributed by atoms with van der Waals surface area (Å²) in [6, 6.07) is 28.9. The van der Waals surface area contributed by atoms with Gasteiger partial charge >= 0.3 is 5.97 Å². The number of para-hydroxylation sites is 4. The van der Waals surface area contributed by atoms with E-state index >= 15 is 0 Å². The minimum absolute atomic E-state index is 0.329. The van der Waals surface area contributed by atoms with Crippen LogP contribution in [0.15, 0.2) is 84.9 Å². The van der Waals surface area contributed by atoms with Crippen LogP contribution >= 0.6 is 0 Å². The second-order valence-electron chi connectivity index (χ2n) is 7.82. The van der Waals surface area contributed by atoms with Gasteiger partial charge in [-0.15, -0.1) is 0 Å². The van der Waals surface area contributed by atoms with E-state index in [1.807, 2.05) is 24.3 Å². The van der Waals surface area contributed by atoms with Gasteiger partial charge in [-0.25, -0.2) is 4.79 Å². The van der Waals surface area contributed by atoms with E-state index in [1.165, 1.54) is 18.1 Å². The zero-order valence-electron chi connectivity index (χ0n) is 17.1. The van der Waals surface area contributed by atoms with Crippen LogP contribution in [-0.2, 0) is 11.2 Å². The molecule has 0 amide bonds. The molecule has 0 aliphatic carbocycles. The van der Waals surface area contributed by atoms with Crippen LogP contribution in [0.1, 0.15) is 21.5 Å². The van der Waals surface area contributed by atoms with Crippen molar-refractivity contribution in [1.82, 2.24) is 4.98 Å². The highest BCUT2D eigenvalue weighted by atomic mass is 16.5. The van der Waals surface area contributed by atoms with Gasteiger partial charge in [0.15, 0.2) is 0 Å². The zero-order valence-corrected chi connectivity index (χ0v) is 17.1. The average molecular weight is 404 g/mol. The molecular weight excluding hydrogens is 384 g/mol. The molecule has 4 aromatic carbocycles. The molecule has 5 aromatic rings. The second kappa shape index (κ2) is 6.74. The van der Waals surface area contributed by atoms with Crippen molar-refractivity contribution in [3.63, 3.8) is 0 Å². The summed E-state index contributed by atoms with van der Waals surface area (Å²) in [6.07, 6.45) is 0.773. The Morgan fingerprint density at radius 1 is 0.806 bits per heavy atom. The van der Waals surface area contributed by atoms with Crippen LogP contribution in [0.2, 0.25) is 0 Å². The van der Waals surface area contributed by atoms with Crippen LogP contribution in [0, 0.1) is 0 Å². The molecule has 4 nitrogen and oxygen atoms in total. The number of nitrogens with one attached hydrogen (secondary N) is 1. The molecule has 2 heterocycles. The predicted molar refractivity (Wildman–Crippen MR) is 125 cm³/mol. The van der Waals surface area contributed by atoms with Crippen molar-refractivity contribution in [2.45, 2.75) is 6.42 Å². The lowest BCUT2D eigenvalue weighted by Crippen LogP contribution is -2.22. The first-order valence-electron chi connectivity index (χ1n) is 10.3. The molecule has 0 radical (unpaired) electrons. The van der Waals surface area contributed by atoms with Gasteiger partial charge in [0.25, 0.3) is 0 Å². The van der Waals surface area contributed by atoms with Gasteiger partial charge < -0.3 is 14.6 Å². The largest absolute Gasteiger partial charge is 0.465 e. The van der Waals surface area contributed by atoms with Gasteiger partial charge in [0.05, 0.1) is 29.6 Å². The number of carbonyl (C=O) groups is 1. The zero-order chi connectivity index (χ0) is 20.9. The topological polar surface area (TPSA) is 45.3 Å². The van der Waals surface area contributed by atoms with Gasteiger partial charge in [-0.1, -0.05) is 60.7 Å². The summed E-state index contributed by atoms with van der Waals surface area (Å²) in [5, 5.41) is 2.35. The van der Waals surface area contributed by atoms with Crippen molar-refractivity contribution in [3.8, 4) is 0 Å². The molecule has 6 rings (SSSR count). The van der Waals surface area contributed by atoms with Gasteiger partial charge in [-0.05, 0) is 35.4 Å². The molecule has 31 heavy (non-hydrogen) atoms. The van der Waals surface area contributed by atoms with E-state index in [4.69, 9.17) is 4.74 Å². The summed E-state index contributed by atoms with van der Waals surface area (Å²) in [5.74, 6) is -0.329. The minimum Gasteiger partial charge on any atom is -0.465 e. The monoisotopic (exact) mass is 404 g/mol. The van der Waals surface area contributed by atoms with Crippen molar-refractivity contribution in [1.29, 1.82) is 0 Å². The van der Waals surface area contributed by atoms with Crippen LogP contribution in [0.25, 0.3) is 21.8 Å². The third kappa shape index (κ3) is 2.58. The minimum atomic E-state index is -0.329. The molecule has 150 valence electrons. The Morgan fingerprint density at radius 3 is 2.42 bits per heavy atom. The smallest absolute Gasteiger partial charge is 0.340 e. The fourth-order valence-corrected chi connectivity index (χ4v) is 4.77. The first-order valence-corrected chi connectivity index (χ1v) is 10.3. The standard InChI is InChI=1S/C27H20N2O2/c1-31-27(30)21-12-6-9-18-16-17-8-2-5-14-23(17)29(26(18)21)24-15-7-11-20-19-10-3-4-13-22(19)28-25(20)24/h2-15,28H,16H2,1H3.